The minimum atomic E-state index is -0.226. The maximum atomic E-state index is 12.0. The molecule has 3 rings (SSSR count). The molecule has 0 unspecified atom stereocenters. The van der Waals surface area contributed by atoms with E-state index in [-0.39, 0.29) is 6.09 Å². The number of piperidine rings is 1. The van der Waals surface area contributed by atoms with Gasteiger partial charge in [0.05, 0.1) is 0 Å². The Morgan fingerprint density at radius 3 is 2.18 bits per heavy atom. The third kappa shape index (κ3) is 3.88. The van der Waals surface area contributed by atoms with Crippen LogP contribution in [0, 0.1) is 0 Å². The topological polar surface area (TPSA) is 29.5 Å². The smallest absolute Gasteiger partial charge is 0.410 e. The normalized spacial score (nSPS) is 14.6. The van der Waals surface area contributed by atoms with E-state index in [1.54, 1.807) is 4.90 Å². The highest BCUT2D eigenvalue weighted by molar-refractivity contribution is 5.70. The Kier molecular flexibility index (Phi) is 4.74. The number of rotatable bonds is 3. The lowest BCUT2D eigenvalue weighted by atomic mass is 10.1. The number of carbonyl (C=O) groups is 1. The van der Waals surface area contributed by atoms with Gasteiger partial charge in [0.25, 0.3) is 0 Å². The molecule has 1 aliphatic rings. The molecule has 3 heteroatoms. The summed E-state index contributed by atoms with van der Waals surface area (Å²) >= 11 is 0. The average Bonchev–Trinajstić information content (AvgIpc) is 2.58. The van der Waals surface area contributed by atoms with E-state index in [9.17, 15) is 4.79 Å². The largest absolute Gasteiger partial charge is 0.415 e. The molecule has 2 aromatic carbocycles. The fraction of sp³-hybridized carbons (Fsp3) is 0.316. The van der Waals surface area contributed by atoms with Gasteiger partial charge < -0.3 is 9.64 Å². The minimum Gasteiger partial charge on any atom is -0.410 e. The molecular formula is C19H21NO2. The van der Waals surface area contributed by atoms with Crippen LogP contribution in [0.25, 0.3) is 0 Å². The highest BCUT2D eigenvalue weighted by Gasteiger charge is 2.18. The molecule has 0 N–H and O–H groups in total. The van der Waals surface area contributed by atoms with Gasteiger partial charge in [0.15, 0.2) is 0 Å². The van der Waals surface area contributed by atoms with Gasteiger partial charge in [0, 0.05) is 13.1 Å². The maximum Gasteiger partial charge on any atom is 0.415 e. The molecule has 0 atom stereocenters. The highest BCUT2D eigenvalue weighted by atomic mass is 16.6. The van der Waals surface area contributed by atoms with Crippen LogP contribution in [0.15, 0.2) is 54.6 Å². The van der Waals surface area contributed by atoms with Crippen molar-refractivity contribution in [2.24, 2.45) is 0 Å². The van der Waals surface area contributed by atoms with Crippen LogP contribution in [0.3, 0.4) is 0 Å². The molecule has 114 valence electrons. The van der Waals surface area contributed by atoms with Crippen LogP contribution >= 0.6 is 0 Å². The number of amides is 1. The molecule has 0 radical (unpaired) electrons. The summed E-state index contributed by atoms with van der Waals surface area (Å²) in [6.07, 6.45) is 4.02. The number of nitrogens with zero attached hydrogens (tertiary/aromatic N) is 1. The van der Waals surface area contributed by atoms with Crippen molar-refractivity contribution in [3.8, 4) is 5.75 Å². The van der Waals surface area contributed by atoms with E-state index < -0.39 is 0 Å². The molecule has 3 nitrogen and oxygen atoms in total. The second kappa shape index (κ2) is 7.12. The summed E-state index contributed by atoms with van der Waals surface area (Å²) in [6, 6.07) is 18.1. The molecule has 1 heterocycles. The predicted molar refractivity (Wildman–Crippen MR) is 87.1 cm³/mol. The summed E-state index contributed by atoms with van der Waals surface area (Å²) in [5.74, 6) is 0.618. The van der Waals surface area contributed by atoms with Crippen molar-refractivity contribution in [2.75, 3.05) is 13.1 Å². The van der Waals surface area contributed by atoms with Crippen LogP contribution in [0.5, 0.6) is 5.75 Å². The standard InChI is InChI=1S/C19H21NO2/c21-19(20-13-5-2-6-14-20)22-18-11-9-17(10-12-18)15-16-7-3-1-4-8-16/h1,3-4,7-12H,2,5-6,13-15H2. The molecular weight excluding hydrogens is 274 g/mol. The van der Waals surface area contributed by atoms with E-state index in [2.05, 4.69) is 12.1 Å². The van der Waals surface area contributed by atoms with Crippen molar-refractivity contribution in [2.45, 2.75) is 25.7 Å². The fourth-order valence-electron chi connectivity index (χ4n) is 2.75. The molecule has 1 aliphatic heterocycles. The zero-order chi connectivity index (χ0) is 15.2. The van der Waals surface area contributed by atoms with Crippen LogP contribution in [-0.4, -0.2) is 24.1 Å². The first kappa shape index (κ1) is 14.6. The van der Waals surface area contributed by atoms with Gasteiger partial charge in [0.2, 0.25) is 0 Å². The number of benzene rings is 2. The van der Waals surface area contributed by atoms with Crippen LogP contribution in [0.1, 0.15) is 30.4 Å². The summed E-state index contributed by atoms with van der Waals surface area (Å²) in [5.41, 5.74) is 2.49. The quantitative estimate of drug-likeness (QED) is 0.846. The first-order valence-corrected chi connectivity index (χ1v) is 7.91. The second-order valence-corrected chi connectivity index (χ2v) is 5.72. The molecule has 0 bridgehead atoms. The van der Waals surface area contributed by atoms with Crippen molar-refractivity contribution in [3.05, 3.63) is 65.7 Å². The van der Waals surface area contributed by atoms with Crippen molar-refractivity contribution in [1.29, 1.82) is 0 Å². The molecule has 0 saturated carbocycles. The summed E-state index contributed by atoms with van der Waals surface area (Å²) in [6.45, 7) is 1.62. The summed E-state index contributed by atoms with van der Waals surface area (Å²) in [7, 11) is 0. The van der Waals surface area contributed by atoms with Gasteiger partial charge in [-0.15, -0.1) is 0 Å². The number of hydrogen-bond acceptors (Lipinski definition) is 2. The van der Waals surface area contributed by atoms with E-state index >= 15 is 0 Å². The fourth-order valence-corrected chi connectivity index (χ4v) is 2.75. The molecule has 1 fully saturated rings. The molecule has 1 amide bonds. The lowest BCUT2D eigenvalue weighted by Crippen LogP contribution is -2.37. The van der Waals surface area contributed by atoms with E-state index in [4.69, 9.17) is 4.74 Å². The summed E-state index contributed by atoms with van der Waals surface area (Å²) in [5, 5.41) is 0. The molecule has 2 aromatic rings. The zero-order valence-corrected chi connectivity index (χ0v) is 12.7. The first-order chi connectivity index (χ1) is 10.8. The van der Waals surface area contributed by atoms with Crippen LogP contribution in [-0.2, 0) is 6.42 Å². The Bertz CT molecular complexity index is 601. The first-order valence-electron chi connectivity index (χ1n) is 7.91. The maximum absolute atomic E-state index is 12.0. The summed E-state index contributed by atoms with van der Waals surface area (Å²) in [4.78, 5) is 13.8. The third-order valence-electron chi connectivity index (χ3n) is 3.99. The van der Waals surface area contributed by atoms with Crippen molar-refractivity contribution in [3.63, 3.8) is 0 Å². The zero-order valence-electron chi connectivity index (χ0n) is 12.7. The summed E-state index contributed by atoms with van der Waals surface area (Å²) < 4.78 is 5.45. The molecule has 1 saturated heterocycles. The van der Waals surface area contributed by atoms with E-state index in [0.717, 1.165) is 32.4 Å². The van der Waals surface area contributed by atoms with Crippen molar-refractivity contribution >= 4 is 6.09 Å². The van der Waals surface area contributed by atoms with Gasteiger partial charge in [-0.3, -0.25) is 0 Å². The Morgan fingerprint density at radius 1 is 0.864 bits per heavy atom. The molecule has 0 spiro atoms. The van der Waals surface area contributed by atoms with Gasteiger partial charge in [-0.1, -0.05) is 42.5 Å². The average molecular weight is 295 g/mol. The SMILES string of the molecule is O=C(Oc1ccc(Cc2ccccc2)cc1)N1CCCCC1. The van der Waals surface area contributed by atoms with Crippen LogP contribution in [0.4, 0.5) is 4.79 Å². The van der Waals surface area contributed by atoms with Crippen LogP contribution < -0.4 is 4.74 Å². The van der Waals surface area contributed by atoms with Crippen LogP contribution in [0.2, 0.25) is 0 Å². The molecule has 22 heavy (non-hydrogen) atoms. The number of carbonyl (C=O) groups excluding carboxylic acids is 1. The van der Waals surface area contributed by atoms with E-state index in [0.29, 0.717) is 5.75 Å². The van der Waals surface area contributed by atoms with Gasteiger partial charge in [-0.25, -0.2) is 4.79 Å². The number of ether oxygens (including phenoxy) is 1. The lowest BCUT2D eigenvalue weighted by Gasteiger charge is -2.25. The van der Waals surface area contributed by atoms with E-state index in [1.165, 1.54) is 17.5 Å². The minimum absolute atomic E-state index is 0.226. The number of hydrogen-bond donors (Lipinski definition) is 0. The van der Waals surface area contributed by atoms with Crippen molar-refractivity contribution < 1.29 is 9.53 Å². The van der Waals surface area contributed by atoms with Gasteiger partial charge in [-0.2, -0.15) is 0 Å². The number of likely N-dealkylation sites (tertiary alicyclic amines) is 1. The third-order valence-corrected chi connectivity index (χ3v) is 3.99. The molecule has 0 aliphatic carbocycles. The monoisotopic (exact) mass is 295 g/mol. The van der Waals surface area contributed by atoms with Gasteiger partial charge in [-0.05, 0) is 48.9 Å². The van der Waals surface area contributed by atoms with Gasteiger partial charge in [0.1, 0.15) is 5.75 Å². The Labute approximate surface area is 131 Å². The highest BCUT2D eigenvalue weighted by Crippen LogP contribution is 2.17. The van der Waals surface area contributed by atoms with Gasteiger partial charge >= 0.3 is 6.09 Å². The Hall–Kier alpha value is -2.29. The van der Waals surface area contributed by atoms with Crippen molar-refractivity contribution in [1.82, 2.24) is 4.90 Å². The Balaban J connectivity index is 1.58. The second-order valence-electron chi connectivity index (χ2n) is 5.72. The Morgan fingerprint density at radius 2 is 1.50 bits per heavy atom. The lowest BCUT2D eigenvalue weighted by molar-refractivity contribution is 0.142. The van der Waals surface area contributed by atoms with E-state index in [1.807, 2.05) is 42.5 Å². The predicted octanol–water partition coefficient (Wildman–Crippen LogP) is 4.26. The molecule has 0 aromatic heterocycles.